The Bertz CT molecular complexity index is 218. The highest BCUT2D eigenvalue weighted by Gasteiger charge is 1.96. The molecular weight excluding hydrogens is 266 g/mol. The highest BCUT2D eigenvalue weighted by Crippen LogP contribution is 2.11. The monoisotopic (exact) mass is 309 g/mol. The van der Waals surface area contributed by atoms with E-state index in [9.17, 15) is 0 Å². The van der Waals surface area contributed by atoms with Crippen molar-refractivity contribution in [3.8, 4) is 0 Å². The number of unbranched alkanes of at least 4 members (excludes halogenated alkanes) is 11. The molecule has 1 heteroatoms. The van der Waals surface area contributed by atoms with Crippen LogP contribution >= 0.6 is 0 Å². The van der Waals surface area contributed by atoms with E-state index >= 15 is 0 Å². The van der Waals surface area contributed by atoms with Gasteiger partial charge in [0.1, 0.15) is 0 Å². The second-order valence-corrected chi connectivity index (χ2v) is 6.61. The van der Waals surface area contributed by atoms with Gasteiger partial charge in [0.15, 0.2) is 0 Å². The molecule has 0 saturated heterocycles. The predicted octanol–water partition coefficient (Wildman–Crippen LogP) is 6.98. The summed E-state index contributed by atoms with van der Waals surface area (Å²) in [5.74, 6) is 0. The van der Waals surface area contributed by atoms with Crippen LogP contribution in [0.1, 0.15) is 104 Å². The second kappa shape index (κ2) is 18.7. The van der Waals surface area contributed by atoms with Gasteiger partial charge in [0, 0.05) is 0 Å². The van der Waals surface area contributed by atoms with Crippen LogP contribution in [0.3, 0.4) is 0 Å². The van der Waals surface area contributed by atoms with Gasteiger partial charge in [-0.25, -0.2) is 0 Å². The van der Waals surface area contributed by atoms with Gasteiger partial charge in [-0.3, -0.25) is 0 Å². The molecular formula is C21H43N. The zero-order valence-corrected chi connectivity index (χ0v) is 15.9. The molecule has 0 radical (unpaired) electrons. The Balaban J connectivity index is 3.14. The van der Waals surface area contributed by atoms with Gasteiger partial charge in [-0.1, -0.05) is 84.3 Å². The molecule has 0 saturated carbocycles. The normalized spacial score (nSPS) is 11.8. The van der Waals surface area contributed by atoms with E-state index < -0.39 is 0 Å². The SMILES string of the molecule is CCCCCCCCCCC/C=C/CCCCN(CC)CC. The van der Waals surface area contributed by atoms with Crippen LogP contribution < -0.4 is 0 Å². The maximum Gasteiger partial charge on any atom is -0.00189 e. The third kappa shape index (κ3) is 16.1. The van der Waals surface area contributed by atoms with Gasteiger partial charge in [0.25, 0.3) is 0 Å². The Morgan fingerprint density at radius 1 is 0.545 bits per heavy atom. The van der Waals surface area contributed by atoms with Crippen molar-refractivity contribution in [2.75, 3.05) is 19.6 Å². The smallest absolute Gasteiger partial charge is 0.00189 e. The molecule has 0 N–H and O–H groups in total. The van der Waals surface area contributed by atoms with Crippen molar-refractivity contribution in [1.82, 2.24) is 4.90 Å². The van der Waals surface area contributed by atoms with Gasteiger partial charge in [0.05, 0.1) is 0 Å². The zero-order valence-electron chi connectivity index (χ0n) is 15.9. The van der Waals surface area contributed by atoms with Crippen molar-refractivity contribution in [1.29, 1.82) is 0 Å². The lowest BCUT2D eigenvalue weighted by Crippen LogP contribution is -2.23. The average Bonchev–Trinajstić information content (AvgIpc) is 2.55. The maximum absolute atomic E-state index is 2.52. The molecule has 1 nitrogen and oxygen atoms in total. The lowest BCUT2D eigenvalue weighted by molar-refractivity contribution is 0.297. The summed E-state index contributed by atoms with van der Waals surface area (Å²) < 4.78 is 0. The molecule has 0 aromatic carbocycles. The molecule has 0 unspecified atom stereocenters. The van der Waals surface area contributed by atoms with Crippen molar-refractivity contribution < 1.29 is 0 Å². The number of allylic oxidation sites excluding steroid dienone is 2. The minimum atomic E-state index is 1.20. The van der Waals surface area contributed by atoms with E-state index in [1.54, 1.807) is 0 Å². The third-order valence-electron chi connectivity index (χ3n) is 4.63. The van der Waals surface area contributed by atoms with Crippen molar-refractivity contribution in [3.05, 3.63) is 12.2 Å². The van der Waals surface area contributed by atoms with Gasteiger partial charge in [-0.05, 0) is 51.7 Å². The molecule has 0 aliphatic carbocycles. The van der Waals surface area contributed by atoms with E-state index in [4.69, 9.17) is 0 Å². The van der Waals surface area contributed by atoms with Gasteiger partial charge in [-0.2, -0.15) is 0 Å². The van der Waals surface area contributed by atoms with Gasteiger partial charge >= 0.3 is 0 Å². The molecule has 0 rings (SSSR count). The van der Waals surface area contributed by atoms with Crippen molar-refractivity contribution in [2.45, 2.75) is 104 Å². The highest BCUT2D eigenvalue weighted by atomic mass is 15.1. The van der Waals surface area contributed by atoms with E-state index in [2.05, 4.69) is 37.8 Å². The first-order valence-corrected chi connectivity index (χ1v) is 10.2. The van der Waals surface area contributed by atoms with Crippen LogP contribution in [0, 0.1) is 0 Å². The summed E-state index contributed by atoms with van der Waals surface area (Å²) in [6, 6.07) is 0. The van der Waals surface area contributed by atoms with Gasteiger partial charge in [0.2, 0.25) is 0 Å². The molecule has 0 aliphatic heterocycles. The fourth-order valence-electron chi connectivity index (χ4n) is 2.95. The molecule has 0 spiro atoms. The van der Waals surface area contributed by atoms with Crippen LogP contribution in [0.4, 0.5) is 0 Å². The summed E-state index contributed by atoms with van der Waals surface area (Å²) in [7, 11) is 0. The maximum atomic E-state index is 2.52. The standard InChI is InChI=1S/C21H43N/c1-4-7-8-9-10-11-12-13-14-15-16-17-18-19-20-21-22(5-2)6-3/h16-17H,4-15,18-21H2,1-3H3/b17-16+. The van der Waals surface area contributed by atoms with E-state index in [1.165, 1.54) is 103 Å². The Morgan fingerprint density at radius 2 is 1.00 bits per heavy atom. The second-order valence-electron chi connectivity index (χ2n) is 6.61. The molecule has 0 aromatic rings. The summed E-state index contributed by atoms with van der Waals surface area (Å²) in [6.07, 6.45) is 23.0. The topological polar surface area (TPSA) is 3.24 Å². The predicted molar refractivity (Wildman–Crippen MR) is 103 cm³/mol. The van der Waals surface area contributed by atoms with Crippen LogP contribution in [0.25, 0.3) is 0 Å². The van der Waals surface area contributed by atoms with E-state index in [-0.39, 0.29) is 0 Å². The highest BCUT2D eigenvalue weighted by molar-refractivity contribution is 4.81. The Kier molecular flexibility index (Phi) is 18.5. The lowest BCUT2D eigenvalue weighted by Gasteiger charge is -2.17. The number of hydrogen-bond acceptors (Lipinski definition) is 1. The van der Waals surface area contributed by atoms with Gasteiger partial charge < -0.3 is 4.90 Å². The molecule has 0 fully saturated rings. The van der Waals surface area contributed by atoms with Crippen LogP contribution in [0.5, 0.6) is 0 Å². The summed E-state index contributed by atoms with van der Waals surface area (Å²) in [4.78, 5) is 2.52. The van der Waals surface area contributed by atoms with Crippen LogP contribution in [-0.4, -0.2) is 24.5 Å². The number of nitrogens with zero attached hydrogens (tertiary/aromatic N) is 1. The summed E-state index contributed by atoms with van der Waals surface area (Å²) >= 11 is 0. The minimum absolute atomic E-state index is 1.20. The van der Waals surface area contributed by atoms with Crippen LogP contribution in [0.2, 0.25) is 0 Å². The van der Waals surface area contributed by atoms with E-state index in [0.717, 1.165) is 0 Å². The third-order valence-corrected chi connectivity index (χ3v) is 4.63. The quantitative estimate of drug-likeness (QED) is 0.207. The molecule has 0 heterocycles. The largest absolute Gasteiger partial charge is 0.304 e. The first-order chi connectivity index (χ1) is 10.8. The fraction of sp³-hybridized carbons (Fsp3) is 0.905. The van der Waals surface area contributed by atoms with Crippen molar-refractivity contribution >= 4 is 0 Å². The first-order valence-electron chi connectivity index (χ1n) is 10.2. The fourth-order valence-corrected chi connectivity index (χ4v) is 2.95. The summed E-state index contributed by atoms with van der Waals surface area (Å²) in [5.41, 5.74) is 0. The van der Waals surface area contributed by atoms with Crippen molar-refractivity contribution in [2.24, 2.45) is 0 Å². The van der Waals surface area contributed by atoms with Crippen molar-refractivity contribution in [3.63, 3.8) is 0 Å². The number of rotatable bonds is 17. The van der Waals surface area contributed by atoms with E-state index in [1.807, 2.05) is 0 Å². The Morgan fingerprint density at radius 3 is 1.50 bits per heavy atom. The Labute approximate surface area is 141 Å². The molecule has 0 bridgehead atoms. The first kappa shape index (κ1) is 21.7. The van der Waals surface area contributed by atoms with E-state index in [0.29, 0.717) is 0 Å². The van der Waals surface area contributed by atoms with Crippen LogP contribution in [0.15, 0.2) is 12.2 Å². The molecule has 22 heavy (non-hydrogen) atoms. The Hall–Kier alpha value is -0.300. The molecule has 0 atom stereocenters. The van der Waals surface area contributed by atoms with Gasteiger partial charge in [-0.15, -0.1) is 0 Å². The molecule has 132 valence electrons. The number of hydrogen-bond donors (Lipinski definition) is 0. The lowest BCUT2D eigenvalue weighted by atomic mass is 10.1. The molecule has 0 aliphatic rings. The summed E-state index contributed by atoms with van der Waals surface area (Å²) in [6.45, 7) is 10.5. The summed E-state index contributed by atoms with van der Waals surface area (Å²) in [5, 5.41) is 0. The molecule has 0 amide bonds. The average molecular weight is 310 g/mol. The minimum Gasteiger partial charge on any atom is -0.304 e. The zero-order chi connectivity index (χ0) is 16.3. The molecule has 0 aromatic heterocycles. The van der Waals surface area contributed by atoms with Crippen LogP contribution in [-0.2, 0) is 0 Å².